The van der Waals surface area contributed by atoms with Crippen LogP contribution in [-0.4, -0.2) is 151 Å². The van der Waals surface area contributed by atoms with Crippen LogP contribution in [-0.2, 0) is 94.1 Å². The number of carboxylic acids is 1. The third-order valence-electron chi connectivity index (χ3n) is 23.1. The lowest BCUT2D eigenvalue weighted by atomic mass is 10.1. The van der Waals surface area contributed by atoms with Crippen molar-refractivity contribution >= 4 is 28.7 Å². The number of hydrogen-bond acceptors (Lipinski definition) is 25. The van der Waals surface area contributed by atoms with E-state index in [1.54, 1.807) is 91.8 Å². The summed E-state index contributed by atoms with van der Waals surface area (Å²) < 4.78 is 7.88. The maximum Gasteiger partial charge on any atom is 0.309 e. The smallest absolute Gasteiger partial charge is 0.309 e. The number of aromatic nitrogens is 8. The van der Waals surface area contributed by atoms with Gasteiger partial charge in [0.25, 0.3) is 0 Å². The number of phenolic OH excluding ortho intramolecular Hbond substituents is 6. The third-order valence-corrected chi connectivity index (χ3v) is 23.1. The highest BCUT2D eigenvalue weighted by Crippen LogP contribution is 2.33. The molecule has 4 aromatic heterocycles. The molecule has 17 N–H and O–H groups in total. The molecule has 2 aliphatic heterocycles. The van der Waals surface area contributed by atoms with Crippen molar-refractivity contribution in [1.29, 1.82) is 0 Å². The Morgan fingerprint density at radius 1 is 0.321 bits per heavy atom. The normalized spacial score (nSPS) is 13.3. The number of hydrogen-bond donors (Lipinski definition) is 12. The molecule has 2 fully saturated rings. The van der Waals surface area contributed by atoms with E-state index in [1.807, 2.05) is 226 Å². The average molecular weight is 1850 g/mol. The van der Waals surface area contributed by atoms with Gasteiger partial charge >= 0.3 is 5.97 Å². The Morgan fingerprint density at radius 3 is 1.04 bits per heavy atom. The molecule has 0 bridgehead atoms. The first-order chi connectivity index (χ1) is 67.0. The number of carboxylic acid groups (broad SMARTS) is 1. The van der Waals surface area contributed by atoms with Crippen molar-refractivity contribution < 1.29 is 64.7 Å². The van der Waals surface area contributed by atoms with E-state index in [1.165, 1.54) is 16.9 Å². The first-order valence-corrected chi connectivity index (χ1v) is 44.9. The van der Waals surface area contributed by atoms with Crippen LogP contribution in [0.2, 0.25) is 0 Å². The predicted octanol–water partition coefficient (Wildman–Crippen LogP) is 15.2. The fourth-order valence-corrected chi connectivity index (χ4v) is 16.6. The van der Waals surface area contributed by atoms with Crippen LogP contribution in [0.5, 0.6) is 34.5 Å². The van der Waals surface area contributed by atoms with Crippen LogP contribution < -0.4 is 49.1 Å². The zero-order valence-electron chi connectivity index (χ0n) is 76.1. The molecule has 0 spiro atoms. The number of rotatable bonds is 32. The summed E-state index contributed by atoms with van der Waals surface area (Å²) in [6, 6.07) is 104. The maximum absolute atomic E-state index is 11.2. The van der Waals surface area contributed by atoms with Gasteiger partial charge in [0.1, 0.15) is 47.7 Å². The Bertz CT molecular complexity index is 6320. The molecule has 6 heterocycles. The summed E-state index contributed by atoms with van der Waals surface area (Å²) in [6.07, 6.45) is 9.79. The van der Waals surface area contributed by atoms with Gasteiger partial charge in [-0.15, -0.1) is 0 Å². The molecule has 12 aromatic carbocycles. The number of benzene rings is 12. The second kappa shape index (κ2) is 51.7. The number of nitrogens with zero attached hydrogens (tertiary/aromatic N) is 12. The van der Waals surface area contributed by atoms with Crippen LogP contribution in [0.4, 0.5) is 22.7 Å². The zero-order valence-corrected chi connectivity index (χ0v) is 76.1. The first kappa shape index (κ1) is 99.0. The number of para-hydroxylation sites is 2. The zero-order chi connectivity index (χ0) is 95.9. The number of anilines is 4. The quantitative estimate of drug-likeness (QED) is 0.0174. The lowest BCUT2D eigenvalue weighted by Gasteiger charge is -2.43. The molecule has 2 atom stereocenters. The standard InChI is InChI=1S/C19H18N2O3.2C18H19N3O2.C18H23N3O2.C17H17N3O2.C17H21N3O2/c22-16-8-4-7-15(9-16)12-21-13-20-17(18(21)11-19(23)24)10-14-5-2-1-3-6-14;19-23-10-9-17-18(15-6-2-1-3-7-15)20-13-21(17)12-14-5-4-8-16(22)11-14;19-23-12-18-17(10-14-5-2-1-3-6-14)20-13-21(18)11-15-7-4-8-16(22)9-15;19-23-12-9-17-14-20(15-5-2-1-3-6-15)10-11-21(17)16-7-4-8-18(22)13-16;18-22-11-16-17(14-6-2-1-3-7-14)19-12-20(16)10-13-5-4-8-15(21)9-13;18-22-13-16-12-19(14-5-2-1-3-6-14)9-10-20(16)15-7-4-8-17(21)11-15/h1-9,13,22H,10-12H2,(H,23,24);1-8,11,13,22H,9-10,12,19H2;1-9,13,22H,10-12,19H2;1-8,13,17,22H,9-12,14,19H2;1-9,12,21H,10-11,18H2;1-8,11,16,21H,9-10,12-13,18H2. The van der Waals surface area contributed by atoms with E-state index in [0.29, 0.717) is 76.9 Å². The van der Waals surface area contributed by atoms with Crippen LogP contribution in [0.25, 0.3) is 22.5 Å². The Morgan fingerprint density at radius 2 is 0.650 bits per heavy atom. The topological polar surface area (TPSA) is 419 Å². The van der Waals surface area contributed by atoms with Gasteiger partial charge in [0.15, 0.2) is 0 Å². The molecule has 137 heavy (non-hydrogen) atoms. The van der Waals surface area contributed by atoms with E-state index in [9.17, 15) is 40.5 Å². The van der Waals surface area contributed by atoms with Gasteiger partial charge in [-0.05, 0) is 137 Å². The second-order valence-electron chi connectivity index (χ2n) is 32.7. The summed E-state index contributed by atoms with van der Waals surface area (Å²) in [5, 5.41) is 67.1. The summed E-state index contributed by atoms with van der Waals surface area (Å²) in [6.45, 7) is 9.59. The van der Waals surface area contributed by atoms with Crippen LogP contribution in [0.15, 0.2) is 353 Å². The SMILES string of the molecule is NOCC1CN(c2ccccc2)CCN1c1cccc(O)c1.NOCCC1CN(c2ccccc2)CCN1c1cccc(O)c1.NOCCc1c(-c2ccccc2)ncn1Cc1cccc(O)c1.NOCc1c(-c2ccccc2)ncn1Cc1cccc(O)c1.NOCc1c(Cc2ccccc2)ncn1Cc1cccc(O)c1.O=C(O)Cc1c(Cc2ccccc2)ncn1Cc1cccc(O)c1. The van der Waals surface area contributed by atoms with E-state index in [0.717, 1.165) is 142 Å². The molecule has 2 saturated heterocycles. The largest absolute Gasteiger partial charge is 0.508 e. The Kier molecular flexibility index (Phi) is 37.4. The minimum atomic E-state index is -0.887. The number of aliphatic carboxylic acids is 1. The van der Waals surface area contributed by atoms with Crippen molar-refractivity contribution in [3.8, 4) is 57.0 Å². The molecule has 708 valence electrons. The van der Waals surface area contributed by atoms with Crippen molar-refractivity contribution in [2.45, 2.75) is 83.6 Å². The molecule has 2 unspecified atom stereocenters. The third kappa shape index (κ3) is 29.5. The minimum absolute atomic E-state index is 0.0824. The van der Waals surface area contributed by atoms with Crippen LogP contribution in [0.1, 0.15) is 74.0 Å². The van der Waals surface area contributed by atoms with Gasteiger partial charge in [0.05, 0.1) is 97.5 Å². The van der Waals surface area contributed by atoms with Crippen LogP contribution in [0.3, 0.4) is 0 Å². The van der Waals surface area contributed by atoms with Gasteiger partial charge < -0.3 is 88.1 Å². The van der Waals surface area contributed by atoms with Crippen molar-refractivity contribution in [3.63, 3.8) is 0 Å². The van der Waals surface area contributed by atoms with Crippen LogP contribution >= 0.6 is 0 Å². The second-order valence-corrected chi connectivity index (χ2v) is 32.7. The Hall–Kier alpha value is -15.5. The van der Waals surface area contributed by atoms with Crippen molar-refractivity contribution in [1.82, 2.24) is 38.2 Å². The van der Waals surface area contributed by atoms with Gasteiger partial charge in [-0.25, -0.2) is 49.4 Å². The van der Waals surface area contributed by atoms with Gasteiger partial charge in [-0.3, -0.25) is 14.5 Å². The number of nitrogens with two attached hydrogens (primary N) is 5. The minimum Gasteiger partial charge on any atom is -0.508 e. The Balaban J connectivity index is 0.000000139. The first-order valence-electron chi connectivity index (χ1n) is 44.9. The Labute approximate surface area is 796 Å². The molecule has 0 radical (unpaired) electrons. The van der Waals surface area contributed by atoms with E-state index in [4.69, 9.17) is 53.7 Å². The average Bonchev–Trinajstić information content (AvgIpc) is 1.65. The molecular formula is C107H117N17O13. The lowest BCUT2D eigenvalue weighted by Crippen LogP contribution is -2.55. The number of imidazole rings is 4. The van der Waals surface area contributed by atoms with Crippen LogP contribution in [0, 0.1) is 0 Å². The molecule has 2 aliphatic rings. The van der Waals surface area contributed by atoms with Crippen molar-refractivity contribution in [2.75, 3.05) is 78.7 Å². The van der Waals surface area contributed by atoms with Gasteiger partial charge in [0, 0.05) is 142 Å². The number of aromatic hydroxyl groups is 6. The van der Waals surface area contributed by atoms with Crippen molar-refractivity contribution in [2.24, 2.45) is 29.5 Å². The molecule has 30 nitrogen and oxygen atoms in total. The fourth-order valence-electron chi connectivity index (χ4n) is 16.6. The molecule has 0 saturated carbocycles. The molecule has 0 aliphatic carbocycles. The summed E-state index contributed by atoms with van der Waals surface area (Å²) in [4.78, 5) is 62.7. The molecule has 0 amide bonds. The van der Waals surface area contributed by atoms with Gasteiger partial charge in [0.2, 0.25) is 0 Å². The number of phenols is 6. The van der Waals surface area contributed by atoms with Gasteiger partial charge in [-0.1, -0.05) is 218 Å². The summed E-state index contributed by atoms with van der Waals surface area (Å²) in [5.74, 6) is 26.9. The van der Waals surface area contributed by atoms with E-state index >= 15 is 0 Å². The van der Waals surface area contributed by atoms with E-state index in [2.05, 4.69) is 92.6 Å². The lowest BCUT2D eigenvalue weighted by molar-refractivity contribution is -0.136. The monoisotopic (exact) mass is 1850 g/mol. The maximum atomic E-state index is 11.2. The fraction of sp³-hybridized carbons (Fsp3) is 0.206. The molecule has 16 aromatic rings. The molecule has 18 rings (SSSR count). The summed E-state index contributed by atoms with van der Waals surface area (Å²) in [7, 11) is 0. The van der Waals surface area contributed by atoms with Gasteiger partial charge in [-0.2, -0.15) is 0 Å². The highest BCUT2D eigenvalue weighted by Gasteiger charge is 2.30. The number of piperazine rings is 2. The van der Waals surface area contributed by atoms with E-state index in [-0.39, 0.29) is 53.9 Å². The highest BCUT2D eigenvalue weighted by atomic mass is 16.6. The summed E-state index contributed by atoms with van der Waals surface area (Å²) in [5.41, 5.74) is 19.8. The highest BCUT2D eigenvalue weighted by molar-refractivity contribution is 5.70. The van der Waals surface area contributed by atoms with E-state index < -0.39 is 5.97 Å². The predicted molar refractivity (Wildman–Crippen MR) is 531 cm³/mol. The molecular weight excluding hydrogens is 1730 g/mol. The van der Waals surface area contributed by atoms with Crippen molar-refractivity contribution in [3.05, 3.63) is 420 Å². The summed E-state index contributed by atoms with van der Waals surface area (Å²) >= 11 is 0. The number of carbonyl (C=O) groups is 1. The molecule has 30 heteroatoms.